The zero-order chi connectivity index (χ0) is 22.9. The molecule has 0 aliphatic heterocycles. The fourth-order valence-corrected chi connectivity index (χ4v) is 4.73. The Morgan fingerprint density at radius 2 is 1.47 bits per heavy atom. The molecule has 0 radical (unpaired) electrons. The molecule has 1 amide bonds. The van der Waals surface area contributed by atoms with Gasteiger partial charge in [-0.1, -0.05) is 51.1 Å². The molecule has 0 aromatic heterocycles. The molecule has 0 saturated heterocycles. The Balaban J connectivity index is 2.25. The van der Waals surface area contributed by atoms with Crippen molar-refractivity contribution in [1.82, 2.24) is 5.32 Å². The minimum absolute atomic E-state index is 0.0570. The number of anilines is 1. The summed E-state index contributed by atoms with van der Waals surface area (Å²) in [5.41, 5.74) is 4.63. The molecular weight excluding hydrogens is 396 g/mol. The molecule has 0 unspecified atom stereocenters. The molecule has 0 bridgehead atoms. The Labute approximate surface area is 181 Å². The lowest BCUT2D eigenvalue weighted by molar-refractivity contribution is -0.122. The zero-order valence-corrected chi connectivity index (χ0v) is 20.1. The normalized spacial score (nSPS) is 14.1. The van der Waals surface area contributed by atoms with Gasteiger partial charge in [-0.05, 0) is 67.5 Å². The van der Waals surface area contributed by atoms with Crippen LogP contribution >= 0.6 is 0 Å². The molecule has 5 nitrogen and oxygen atoms in total. The lowest BCUT2D eigenvalue weighted by Crippen LogP contribution is -2.48. The molecule has 6 heteroatoms. The standard InChI is InChI=1S/C24H34N2O3S/c1-16-13-17(2)15-22(14-16)26(30(8,28)29)19(4)23(27)25-18(3)20-9-11-21(12-10-20)24(5,6)7/h9-15,18-19H,1-8H3,(H,25,27)/t18-,19-/m1/s1. The van der Waals surface area contributed by atoms with Crippen molar-refractivity contribution in [2.75, 3.05) is 10.6 Å². The molecule has 2 rings (SSSR count). The predicted octanol–water partition coefficient (Wildman–Crippen LogP) is 4.63. The van der Waals surface area contributed by atoms with E-state index in [0.29, 0.717) is 5.69 Å². The molecule has 0 heterocycles. The van der Waals surface area contributed by atoms with E-state index in [1.165, 1.54) is 9.87 Å². The average molecular weight is 431 g/mol. The highest BCUT2D eigenvalue weighted by Gasteiger charge is 2.30. The minimum Gasteiger partial charge on any atom is -0.348 e. The first kappa shape index (κ1) is 23.9. The van der Waals surface area contributed by atoms with Crippen molar-refractivity contribution >= 4 is 21.6 Å². The van der Waals surface area contributed by atoms with Crippen LogP contribution in [0, 0.1) is 13.8 Å². The monoisotopic (exact) mass is 430 g/mol. The number of benzene rings is 2. The van der Waals surface area contributed by atoms with Gasteiger partial charge in [0.05, 0.1) is 18.0 Å². The summed E-state index contributed by atoms with van der Waals surface area (Å²) in [5, 5.41) is 2.96. The average Bonchev–Trinajstić information content (AvgIpc) is 2.59. The van der Waals surface area contributed by atoms with Crippen molar-refractivity contribution in [3.05, 3.63) is 64.7 Å². The lowest BCUT2D eigenvalue weighted by atomic mass is 9.86. The number of nitrogens with one attached hydrogen (secondary N) is 1. The van der Waals surface area contributed by atoms with Crippen molar-refractivity contribution in [2.45, 2.75) is 66.0 Å². The zero-order valence-electron chi connectivity index (χ0n) is 19.3. The highest BCUT2D eigenvalue weighted by atomic mass is 32.2. The number of sulfonamides is 1. The van der Waals surface area contributed by atoms with Gasteiger partial charge in [0.25, 0.3) is 0 Å². The number of amides is 1. The second-order valence-electron chi connectivity index (χ2n) is 9.18. The fourth-order valence-electron chi connectivity index (χ4n) is 3.58. The SMILES string of the molecule is Cc1cc(C)cc(N([C@H](C)C(=O)N[C@H](C)c2ccc(C(C)(C)C)cc2)S(C)(=O)=O)c1. The molecule has 2 aromatic rings. The molecule has 0 aliphatic rings. The largest absolute Gasteiger partial charge is 0.348 e. The number of carbonyl (C=O) groups excluding carboxylic acids is 1. The third kappa shape index (κ3) is 5.85. The maximum atomic E-state index is 13.0. The van der Waals surface area contributed by atoms with Crippen LogP contribution in [0.1, 0.15) is 62.9 Å². The van der Waals surface area contributed by atoms with E-state index >= 15 is 0 Å². The second-order valence-corrected chi connectivity index (χ2v) is 11.0. The van der Waals surface area contributed by atoms with Crippen molar-refractivity contribution in [3.63, 3.8) is 0 Å². The van der Waals surface area contributed by atoms with Crippen molar-refractivity contribution < 1.29 is 13.2 Å². The van der Waals surface area contributed by atoms with E-state index < -0.39 is 16.1 Å². The van der Waals surface area contributed by atoms with E-state index in [9.17, 15) is 13.2 Å². The maximum Gasteiger partial charge on any atom is 0.244 e. The number of hydrogen-bond acceptors (Lipinski definition) is 3. The highest BCUT2D eigenvalue weighted by Crippen LogP contribution is 2.26. The second kappa shape index (κ2) is 8.80. The van der Waals surface area contributed by atoms with Gasteiger partial charge in [-0.2, -0.15) is 0 Å². The third-order valence-corrected chi connectivity index (χ3v) is 6.43. The van der Waals surface area contributed by atoms with E-state index in [2.05, 4.69) is 38.2 Å². The van der Waals surface area contributed by atoms with Crippen LogP contribution in [0.3, 0.4) is 0 Å². The summed E-state index contributed by atoms with van der Waals surface area (Å²) < 4.78 is 26.3. The van der Waals surface area contributed by atoms with Gasteiger partial charge >= 0.3 is 0 Å². The molecular formula is C24H34N2O3S. The molecule has 2 atom stereocenters. The van der Waals surface area contributed by atoms with E-state index in [1.807, 2.05) is 39.0 Å². The number of carbonyl (C=O) groups is 1. The fraction of sp³-hybridized carbons (Fsp3) is 0.458. The Kier molecular flexibility index (Phi) is 7.02. The Hall–Kier alpha value is -2.34. The van der Waals surface area contributed by atoms with Gasteiger partial charge in [-0.15, -0.1) is 0 Å². The number of rotatable bonds is 6. The molecule has 0 saturated carbocycles. The van der Waals surface area contributed by atoms with Crippen LogP contribution in [-0.4, -0.2) is 26.6 Å². The van der Waals surface area contributed by atoms with Crippen LogP contribution in [-0.2, 0) is 20.2 Å². The first-order valence-electron chi connectivity index (χ1n) is 10.2. The van der Waals surface area contributed by atoms with Crippen LogP contribution in [0.2, 0.25) is 0 Å². The Morgan fingerprint density at radius 1 is 0.967 bits per heavy atom. The predicted molar refractivity (Wildman–Crippen MR) is 124 cm³/mol. The van der Waals surface area contributed by atoms with Gasteiger partial charge in [0, 0.05) is 0 Å². The van der Waals surface area contributed by atoms with E-state index in [0.717, 1.165) is 22.9 Å². The number of nitrogens with zero attached hydrogens (tertiary/aromatic N) is 1. The van der Waals surface area contributed by atoms with Crippen LogP contribution < -0.4 is 9.62 Å². The summed E-state index contributed by atoms with van der Waals surface area (Å²) in [5.74, 6) is -0.341. The van der Waals surface area contributed by atoms with Gasteiger partial charge in [0.15, 0.2) is 0 Å². The summed E-state index contributed by atoms with van der Waals surface area (Å²) >= 11 is 0. The molecule has 0 spiro atoms. The molecule has 0 fully saturated rings. The molecule has 2 aromatic carbocycles. The van der Waals surface area contributed by atoms with E-state index in [1.54, 1.807) is 19.1 Å². The van der Waals surface area contributed by atoms with Gasteiger partial charge < -0.3 is 5.32 Å². The van der Waals surface area contributed by atoms with Gasteiger partial charge in [-0.25, -0.2) is 8.42 Å². The van der Waals surface area contributed by atoms with Crippen LogP contribution in [0.5, 0.6) is 0 Å². The van der Waals surface area contributed by atoms with Crippen LogP contribution in [0.15, 0.2) is 42.5 Å². The lowest BCUT2D eigenvalue weighted by Gasteiger charge is -2.30. The quantitative estimate of drug-likeness (QED) is 0.726. The summed E-state index contributed by atoms with van der Waals surface area (Å²) in [6.07, 6.45) is 1.13. The maximum absolute atomic E-state index is 13.0. The Bertz CT molecular complexity index is 985. The first-order valence-corrected chi connectivity index (χ1v) is 12.0. The van der Waals surface area contributed by atoms with Crippen molar-refractivity contribution in [1.29, 1.82) is 0 Å². The molecule has 164 valence electrons. The van der Waals surface area contributed by atoms with Crippen LogP contribution in [0.25, 0.3) is 0 Å². The summed E-state index contributed by atoms with van der Waals surface area (Å²) in [7, 11) is -3.65. The smallest absolute Gasteiger partial charge is 0.244 e. The van der Waals surface area contributed by atoms with Gasteiger partial charge in [0.1, 0.15) is 6.04 Å². The Morgan fingerprint density at radius 3 is 1.90 bits per heavy atom. The van der Waals surface area contributed by atoms with Gasteiger partial charge in [0.2, 0.25) is 15.9 Å². The third-order valence-electron chi connectivity index (χ3n) is 5.18. The topological polar surface area (TPSA) is 66.5 Å². The van der Waals surface area contributed by atoms with Crippen LogP contribution in [0.4, 0.5) is 5.69 Å². The molecule has 1 N–H and O–H groups in total. The van der Waals surface area contributed by atoms with Crippen molar-refractivity contribution in [3.8, 4) is 0 Å². The number of aryl methyl sites for hydroxylation is 2. The molecule has 30 heavy (non-hydrogen) atoms. The summed E-state index contributed by atoms with van der Waals surface area (Å²) in [4.78, 5) is 13.0. The number of hydrogen-bond donors (Lipinski definition) is 1. The van der Waals surface area contributed by atoms with Gasteiger partial charge in [-0.3, -0.25) is 9.10 Å². The minimum atomic E-state index is -3.65. The summed E-state index contributed by atoms with van der Waals surface area (Å²) in [6.45, 7) is 13.8. The summed E-state index contributed by atoms with van der Waals surface area (Å²) in [6, 6.07) is 12.6. The highest BCUT2D eigenvalue weighted by molar-refractivity contribution is 7.92. The van der Waals surface area contributed by atoms with E-state index in [-0.39, 0.29) is 17.4 Å². The first-order chi connectivity index (χ1) is 13.7. The molecule has 0 aliphatic carbocycles. The van der Waals surface area contributed by atoms with E-state index in [4.69, 9.17) is 0 Å². The van der Waals surface area contributed by atoms with Crippen molar-refractivity contribution in [2.24, 2.45) is 0 Å².